The van der Waals surface area contributed by atoms with Gasteiger partial charge in [-0.15, -0.1) is 0 Å². The van der Waals surface area contributed by atoms with Gasteiger partial charge in [0.1, 0.15) is 6.17 Å². The van der Waals surface area contributed by atoms with Crippen LogP contribution in [0.4, 0.5) is 5.69 Å². The average molecular weight is 291 g/mol. The Morgan fingerprint density at radius 1 is 1.38 bits per heavy atom. The molecule has 6 heteroatoms. The van der Waals surface area contributed by atoms with E-state index in [1.54, 1.807) is 12.1 Å². The van der Waals surface area contributed by atoms with Gasteiger partial charge in [-0.3, -0.25) is 20.2 Å². The van der Waals surface area contributed by atoms with E-state index >= 15 is 0 Å². The summed E-state index contributed by atoms with van der Waals surface area (Å²) in [5.41, 5.74) is 0.805. The van der Waals surface area contributed by atoms with Crippen molar-refractivity contribution in [1.82, 2.24) is 10.2 Å². The van der Waals surface area contributed by atoms with Gasteiger partial charge in [-0.1, -0.05) is 26.0 Å². The van der Waals surface area contributed by atoms with Crippen molar-refractivity contribution in [1.29, 1.82) is 0 Å². The highest BCUT2D eigenvalue weighted by Crippen LogP contribution is 2.31. The second-order valence-electron chi connectivity index (χ2n) is 5.36. The summed E-state index contributed by atoms with van der Waals surface area (Å²) in [6.45, 7) is 5.93. The van der Waals surface area contributed by atoms with Gasteiger partial charge in [-0.05, 0) is 25.3 Å². The van der Waals surface area contributed by atoms with Crippen LogP contribution < -0.4 is 5.32 Å². The van der Waals surface area contributed by atoms with E-state index < -0.39 is 4.92 Å². The molecule has 1 aromatic carbocycles. The zero-order chi connectivity index (χ0) is 15.6. The van der Waals surface area contributed by atoms with Crippen LogP contribution in [0, 0.1) is 10.1 Å². The predicted octanol–water partition coefficient (Wildman–Crippen LogP) is 2.60. The first-order valence-corrected chi connectivity index (χ1v) is 7.32. The molecule has 6 nitrogen and oxygen atoms in total. The number of benzene rings is 1. The quantitative estimate of drug-likeness (QED) is 0.668. The lowest BCUT2D eigenvalue weighted by molar-refractivity contribution is -0.385. The molecular formula is C15H21N3O3. The Hall–Kier alpha value is -1.95. The average Bonchev–Trinajstić information content (AvgIpc) is 2.77. The van der Waals surface area contributed by atoms with Gasteiger partial charge >= 0.3 is 0 Å². The third kappa shape index (κ3) is 2.90. The summed E-state index contributed by atoms with van der Waals surface area (Å²) in [5.74, 6) is 0.0557. The van der Waals surface area contributed by atoms with Crippen LogP contribution in [0.2, 0.25) is 0 Å². The molecular weight excluding hydrogens is 270 g/mol. The van der Waals surface area contributed by atoms with E-state index in [0.29, 0.717) is 0 Å². The van der Waals surface area contributed by atoms with Crippen LogP contribution in [-0.4, -0.2) is 27.8 Å². The second-order valence-corrected chi connectivity index (χ2v) is 5.36. The van der Waals surface area contributed by atoms with Crippen molar-refractivity contribution in [3.63, 3.8) is 0 Å². The van der Waals surface area contributed by atoms with Crippen LogP contribution in [0.25, 0.3) is 0 Å². The number of nitrogens with one attached hydrogen (secondary N) is 1. The molecule has 1 aliphatic rings. The largest absolute Gasteiger partial charge is 0.319 e. The number of hydrogen-bond acceptors (Lipinski definition) is 4. The number of hydrogen-bond donors (Lipinski definition) is 1. The molecule has 0 spiro atoms. The summed E-state index contributed by atoms with van der Waals surface area (Å²) in [7, 11) is 0. The number of nitrogens with zero attached hydrogens (tertiary/aromatic N) is 2. The standard InChI is InChI=1S/C15H21N3O3/c1-4-12(5-2)17-14(16-10(3)15(17)19)11-7-6-8-13(9-11)18(20)21/h6-10,12,14,16H,4-5H2,1-3H3. The summed E-state index contributed by atoms with van der Waals surface area (Å²) >= 11 is 0. The van der Waals surface area contributed by atoms with Crippen LogP contribution in [0.15, 0.2) is 24.3 Å². The van der Waals surface area contributed by atoms with Gasteiger partial charge in [0.25, 0.3) is 5.69 Å². The van der Waals surface area contributed by atoms with Crippen LogP contribution in [0.1, 0.15) is 45.3 Å². The van der Waals surface area contributed by atoms with Crippen molar-refractivity contribution >= 4 is 11.6 Å². The van der Waals surface area contributed by atoms with Crippen molar-refractivity contribution in [2.75, 3.05) is 0 Å². The molecule has 2 unspecified atom stereocenters. The molecule has 114 valence electrons. The summed E-state index contributed by atoms with van der Waals surface area (Å²) in [4.78, 5) is 24.8. The fourth-order valence-electron chi connectivity index (χ4n) is 2.88. The van der Waals surface area contributed by atoms with Crippen LogP contribution in [0.5, 0.6) is 0 Å². The summed E-state index contributed by atoms with van der Waals surface area (Å²) in [5, 5.41) is 14.2. The summed E-state index contributed by atoms with van der Waals surface area (Å²) in [6.07, 6.45) is 1.43. The van der Waals surface area contributed by atoms with E-state index in [-0.39, 0.29) is 29.8 Å². The van der Waals surface area contributed by atoms with E-state index in [9.17, 15) is 14.9 Å². The minimum Gasteiger partial charge on any atom is -0.319 e. The van der Waals surface area contributed by atoms with Crippen molar-refractivity contribution in [2.45, 2.75) is 51.9 Å². The molecule has 0 aromatic heterocycles. The van der Waals surface area contributed by atoms with Gasteiger partial charge in [0, 0.05) is 18.2 Å². The molecule has 21 heavy (non-hydrogen) atoms. The maximum absolute atomic E-state index is 12.4. The number of non-ortho nitro benzene ring substituents is 1. The van der Waals surface area contributed by atoms with Crippen LogP contribution >= 0.6 is 0 Å². The molecule has 0 bridgehead atoms. The van der Waals surface area contributed by atoms with E-state index in [4.69, 9.17) is 0 Å². The second kappa shape index (κ2) is 6.22. The first kappa shape index (κ1) is 15.4. The molecule has 0 radical (unpaired) electrons. The molecule has 1 aromatic rings. The third-order valence-corrected chi connectivity index (χ3v) is 4.04. The zero-order valence-corrected chi connectivity index (χ0v) is 12.6. The minimum absolute atomic E-state index is 0.0470. The Morgan fingerprint density at radius 3 is 2.62 bits per heavy atom. The molecule has 1 aliphatic heterocycles. The predicted molar refractivity (Wildman–Crippen MR) is 79.7 cm³/mol. The lowest BCUT2D eigenvalue weighted by atomic mass is 10.1. The maximum Gasteiger partial charge on any atom is 0.269 e. The normalized spacial score (nSPS) is 22.1. The third-order valence-electron chi connectivity index (χ3n) is 4.04. The van der Waals surface area contributed by atoms with Crippen molar-refractivity contribution < 1.29 is 9.72 Å². The van der Waals surface area contributed by atoms with Gasteiger partial charge in [0.05, 0.1) is 11.0 Å². The van der Waals surface area contributed by atoms with Gasteiger partial charge in [0.15, 0.2) is 0 Å². The van der Waals surface area contributed by atoms with Crippen LogP contribution in [0.3, 0.4) is 0 Å². The number of amides is 1. The lowest BCUT2D eigenvalue weighted by Crippen LogP contribution is -2.39. The Kier molecular flexibility index (Phi) is 4.57. The van der Waals surface area contributed by atoms with Crippen molar-refractivity contribution in [3.05, 3.63) is 39.9 Å². The van der Waals surface area contributed by atoms with Crippen LogP contribution in [-0.2, 0) is 4.79 Å². The monoisotopic (exact) mass is 291 g/mol. The topological polar surface area (TPSA) is 75.5 Å². The van der Waals surface area contributed by atoms with Crippen molar-refractivity contribution in [2.24, 2.45) is 0 Å². The highest BCUT2D eigenvalue weighted by molar-refractivity contribution is 5.84. The fourth-order valence-corrected chi connectivity index (χ4v) is 2.88. The van der Waals surface area contributed by atoms with Crippen molar-refractivity contribution in [3.8, 4) is 0 Å². The molecule has 2 rings (SSSR count). The fraction of sp³-hybridized carbons (Fsp3) is 0.533. The minimum atomic E-state index is -0.412. The Bertz CT molecular complexity index is 543. The number of carbonyl (C=O) groups excluding carboxylic acids is 1. The van der Waals surface area contributed by atoms with Gasteiger partial charge in [-0.25, -0.2) is 0 Å². The smallest absolute Gasteiger partial charge is 0.269 e. The Labute approximate surface area is 124 Å². The summed E-state index contributed by atoms with van der Waals surface area (Å²) in [6, 6.07) is 6.36. The highest BCUT2D eigenvalue weighted by Gasteiger charge is 2.40. The summed E-state index contributed by atoms with van der Waals surface area (Å²) < 4.78 is 0. The molecule has 2 atom stereocenters. The molecule has 1 heterocycles. The number of nitro benzene ring substituents is 1. The number of carbonyl (C=O) groups is 1. The molecule has 1 amide bonds. The lowest BCUT2D eigenvalue weighted by Gasteiger charge is -2.31. The first-order valence-electron chi connectivity index (χ1n) is 7.32. The maximum atomic E-state index is 12.4. The van der Waals surface area contributed by atoms with E-state index in [2.05, 4.69) is 19.2 Å². The first-order chi connectivity index (χ1) is 9.99. The Morgan fingerprint density at radius 2 is 2.05 bits per heavy atom. The van der Waals surface area contributed by atoms with E-state index in [0.717, 1.165) is 18.4 Å². The van der Waals surface area contributed by atoms with Gasteiger partial charge in [-0.2, -0.15) is 0 Å². The van der Waals surface area contributed by atoms with Gasteiger partial charge in [0.2, 0.25) is 5.91 Å². The molecule has 0 aliphatic carbocycles. The SMILES string of the molecule is CCC(CC)N1C(=O)C(C)NC1c1cccc([N+](=O)[O-])c1. The number of nitro groups is 1. The molecule has 0 saturated carbocycles. The van der Waals surface area contributed by atoms with E-state index in [1.807, 2.05) is 17.9 Å². The molecule has 1 N–H and O–H groups in total. The van der Waals surface area contributed by atoms with Gasteiger partial charge < -0.3 is 4.90 Å². The zero-order valence-electron chi connectivity index (χ0n) is 12.6. The Balaban J connectivity index is 2.38. The number of rotatable bonds is 5. The highest BCUT2D eigenvalue weighted by atomic mass is 16.6. The van der Waals surface area contributed by atoms with E-state index in [1.165, 1.54) is 6.07 Å². The molecule has 1 fully saturated rings. The molecule has 1 saturated heterocycles.